The maximum Gasteiger partial charge on any atom is 0.214 e. The van der Waals surface area contributed by atoms with E-state index in [4.69, 9.17) is 0 Å². The van der Waals surface area contributed by atoms with Crippen molar-refractivity contribution in [2.45, 2.75) is 19.4 Å². The Hall–Kier alpha value is -1.99. The third-order valence-corrected chi connectivity index (χ3v) is 4.42. The van der Waals surface area contributed by atoms with Gasteiger partial charge < -0.3 is 10.2 Å². The highest BCUT2D eigenvalue weighted by atomic mass is 32.1. The number of anilines is 1. The van der Waals surface area contributed by atoms with E-state index in [0.29, 0.717) is 6.04 Å². The van der Waals surface area contributed by atoms with Gasteiger partial charge in [0.1, 0.15) is 5.82 Å². The number of nitrogens with one attached hydrogen (secondary N) is 1. The number of halogens is 1. The van der Waals surface area contributed by atoms with E-state index in [2.05, 4.69) is 41.3 Å². The first-order chi connectivity index (χ1) is 11.0. The van der Waals surface area contributed by atoms with Crippen LogP contribution in [0.1, 0.15) is 13.3 Å². The van der Waals surface area contributed by atoms with E-state index < -0.39 is 0 Å². The lowest BCUT2D eigenvalue weighted by Crippen LogP contribution is -2.22. The van der Waals surface area contributed by atoms with Crippen molar-refractivity contribution in [1.82, 2.24) is 19.5 Å². The molecular weight excluding hydrogens is 313 g/mol. The van der Waals surface area contributed by atoms with Crippen LogP contribution in [-0.2, 0) is 0 Å². The molecule has 1 atom stereocenters. The van der Waals surface area contributed by atoms with Crippen LogP contribution in [0.25, 0.3) is 16.2 Å². The predicted molar refractivity (Wildman–Crippen MR) is 92.5 cm³/mol. The molecule has 1 aromatic carbocycles. The van der Waals surface area contributed by atoms with Gasteiger partial charge in [-0.1, -0.05) is 11.3 Å². The monoisotopic (exact) mass is 333 g/mol. The van der Waals surface area contributed by atoms with Crippen LogP contribution in [0.15, 0.2) is 30.5 Å². The van der Waals surface area contributed by atoms with Crippen LogP contribution in [0.3, 0.4) is 0 Å². The second kappa shape index (κ2) is 6.64. The number of nitrogens with zero attached hydrogens (tertiary/aromatic N) is 4. The lowest BCUT2D eigenvalue weighted by Gasteiger charge is -2.15. The zero-order valence-corrected chi connectivity index (χ0v) is 14.3. The second-order valence-electron chi connectivity index (χ2n) is 5.90. The van der Waals surface area contributed by atoms with Gasteiger partial charge in [0.05, 0.1) is 11.9 Å². The highest BCUT2D eigenvalue weighted by molar-refractivity contribution is 7.20. The molecular formula is C16H20FN5S. The SMILES string of the molecule is CC(CCN(C)C)Nc1nn2cc(-c3ccc(F)cc3)nc2s1. The summed E-state index contributed by atoms with van der Waals surface area (Å²) >= 11 is 1.52. The van der Waals surface area contributed by atoms with E-state index in [1.54, 1.807) is 16.6 Å². The molecule has 3 rings (SSSR count). The number of hydrogen-bond acceptors (Lipinski definition) is 5. The molecule has 0 bridgehead atoms. The zero-order chi connectivity index (χ0) is 16.4. The lowest BCUT2D eigenvalue weighted by atomic mass is 10.2. The Bertz CT molecular complexity index is 746. The molecule has 2 aromatic heterocycles. The van der Waals surface area contributed by atoms with Gasteiger partial charge in [-0.2, -0.15) is 0 Å². The molecule has 0 aliphatic carbocycles. The minimum atomic E-state index is -0.244. The molecule has 0 spiro atoms. The number of hydrogen-bond donors (Lipinski definition) is 1. The second-order valence-corrected chi connectivity index (χ2v) is 6.86. The van der Waals surface area contributed by atoms with Gasteiger partial charge in [-0.3, -0.25) is 0 Å². The zero-order valence-electron chi connectivity index (χ0n) is 13.5. The highest BCUT2D eigenvalue weighted by Crippen LogP contribution is 2.25. The van der Waals surface area contributed by atoms with Crippen molar-refractivity contribution in [2.24, 2.45) is 0 Å². The van der Waals surface area contributed by atoms with Crippen LogP contribution in [0.4, 0.5) is 9.52 Å². The fraction of sp³-hybridized carbons (Fsp3) is 0.375. The van der Waals surface area contributed by atoms with Crippen LogP contribution >= 0.6 is 11.3 Å². The normalized spacial score (nSPS) is 12.9. The summed E-state index contributed by atoms with van der Waals surface area (Å²) < 4.78 is 14.8. The number of rotatable bonds is 6. The average Bonchev–Trinajstić information content (AvgIpc) is 3.04. The smallest absolute Gasteiger partial charge is 0.214 e. The highest BCUT2D eigenvalue weighted by Gasteiger charge is 2.11. The first-order valence-electron chi connectivity index (χ1n) is 7.54. The molecule has 0 aliphatic heterocycles. The van der Waals surface area contributed by atoms with Crippen molar-refractivity contribution < 1.29 is 4.39 Å². The van der Waals surface area contributed by atoms with Crippen molar-refractivity contribution in [3.05, 3.63) is 36.3 Å². The van der Waals surface area contributed by atoms with Gasteiger partial charge in [0.25, 0.3) is 0 Å². The number of benzene rings is 1. The summed E-state index contributed by atoms with van der Waals surface area (Å²) in [4.78, 5) is 7.56. The minimum absolute atomic E-state index is 0.244. The van der Waals surface area contributed by atoms with Gasteiger partial charge in [-0.15, -0.1) is 5.10 Å². The Morgan fingerprint density at radius 3 is 2.70 bits per heavy atom. The minimum Gasteiger partial charge on any atom is -0.358 e. The molecule has 0 saturated carbocycles. The Morgan fingerprint density at radius 1 is 1.30 bits per heavy atom. The fourth-order valence-electron chi connectivity index (χ4n) is 2.25. The van der Waals surface area contributed by atoms with E-state index in [0.717, 1.165) is 34.3 Å². The van der Waals surface area contributed by atoms with Crippen LogP contribution < -0.4 is 5.32 Å². The average molecular weight is 333 g/mol. The first-order valence-corrected chi connectivity index (χ1v) is 8.36. The first kappa shape index (κ1) is 15.9. The van der Waals surface area contributed by atoms with E-state index in [1.165, 1.54) is 23.5 Å². The third-order valence-electron chi connectivity index (χ3n) is 3.56. The van der Waals surface area contributed by atoms with Crippen LogP contribution in [-0.4, -0.2) is 46.2 Å². The quantitative estimate of drug-likeness (QED) is 0.751. The van der Waals surface area contributed by atoms with Gasteiger partial charge in [0, 0.05) is 11.6 Å². The maximum absolute atomic E-state index is 13.0. The molecule has 0 amide bonds. The van der Waals surface area contributed by atoms with E-state index in [1.807, 2.05) is 6.20 Å². The summed E-state index contributed by atoms with van der Waals surface area (Å²) in [5.41, 5.74) is 1.69. The Labute approximate surface area is 138 Å². The van der Waals surface area contributed by atoms with Gasteiger partial charge in [-0.05, 0) is 58.3 Å². The molecule has 0 radical (unpaired) electrons. The summed E-state index contributed by atoms with van der Waals surface area (Å²) in [5.74, 6) is -0.244. The van der Waals surface area contributed by atoms with Crippen molar-refractivity contribution in [3.63, 3.8) is 0 Å². The maximum atomic E-state index is 13.0. The van der Waals surface area contributed by atoms with Crippen LogP contribution in [0.2, 0.25) is 0 Å². The molecule has 0 aliphatic rings. The molecule has 122 valence electrons. The Balaban J connectivity index is 1.71. The van der Waals surface area contributed by atoms with Crippen molar-refractivity contribution in [1.29, 1.82) is 0 Å². The Morgan fingerprint density at radius 2 is 2.04 bits per heavy atom. The van der Waals surface area contributed by atoms with Crippen molar-refractivity contribution in [2.75, 3.05) is 26.0 Å². The Kier molecular flexibility index (Phi) is 4.58. The van der Waals surface area contributed by atoms with Gasteiger partial charge in [-0.25, -0.2) is 13.9 Å². The van der Waals surface area contributed by atoms with E-state index in [9.17, 15) is 4.39 Å². The van der Waals surface area contributed by atoms with Crippen molar-refractivity contribution in [3.8, 4) is 11.3 Å². The predicted octanol–water partition coefficient (Wildman–Crippen LogP) is 3.35. The number of fused-ring (bicyclic) bond motifs is 1. The number of aromatic nitrogens is 3. The fourth-order valence-corrected chi connectivity index (χ4v) is 3.15. The number of imidazole rings is 1. The molecule has 2 heterocycles. The molecule has 23 heavy (non-hydrogen) atoms. The standard InChI is InChI=1S/C16H20FN5S/c1-11(8-9-21(2)3)18-15-20-22-10-14(19-16(22)23-15)12-4-6-13(17)7-5-12/h4-7,10-11H,8-9H2,1-3H3,(H,18,20). The van der Waals surface area contributed by atoms with Gasteiger partial charge >= 0.3 is 0 Å². The molecule has 1 N–H and O–H groups in total. The summed E-state index contributed by atoms with van der Waals surface area (Å²) in [5, 5.41) is 8.79. The summed E-state index contributed by atoms with van der Waals surface area (Å²) in [6.45, 7) is 3.18. The topological polar surface area (TPSA) is 45.5 Å². The van der Waals surface area contributed by atoms with Crippen LogP contribution in [0, 0.1) is 5.82 Å². The lowest BCUT2D eigenvalue weighted by molar-refractivity contribution is 0.390. The molecule has 0 fully saturated rings. The van der Waals surface area contributed by atoms with Crippen LogP contribution in [0.5, 0.6) is 0 Å². The van der Waals surface area contributed by atoms with E-state index >= 15 is 0 Å². The van der Waals surface area contributed by atoms with Crippen molar-refractivity contribution >= 4 is 21.4 Å². The van der Waals surface area contributed by atoms with Gasteiger partial charge in [0.2, 0.25) is 10.1 Å². The largest absolute Gasteiger partial charge is 0.358 e. The van der Waals surface area contributed by atoms with Gasteiger partial charge in [0.15, 0.2) is 0 Å². The molecule has 1 unspecified atom stereocenters. The third kappa shape index (κ3) is 3.86. The molecule has 0 saturated heterocycles. The van der Waals surface area contributed by atoms with E-state index in [-0.39, 0.29) is 5.82 Å². The molecule has 3 aromatic rings. The molecule has 5 nitrogen and oxygen atoms in total. The summed E-state index contributed by atoms with van der Waals surface area (Å²) in [7, 11) is 4.14. The summed E-state index contributed by atoms with van der Waals surface area (Å²) in [6.07, 6.45) is 2.92. The summed E-state index contributed by atoms with van der Waals surface area (Å²) in [6, 6.07) is 6.68. The molecule has 7 heteroatoms.